The van der Waals surface area contributed by atoms with Crippen LogP contribution in [0.15, 0.2) is 90.4 Å². The summed E-state index contributed by atoms with van der Waals surface area (Å²) in [6.07, 6.45) is 4.56. The van der Waals surface area contributed by atoms with E-state index in [1.54, 1.807) is 29.2 Å². The Morgan fingerprint density at radius 1 is 0.980 bits per heavy atom. The summed E-state index contributed by atoms with van der Waals surface area (Å²) in [5.74, 6) is -0.549. The molecule has 2 aliphatic heterocycles. The van der Waals surface area contributed by atoms with Gasteiger partial charge in [-0.05, 0) is 73.9 Å². The second-order valence-corrected chi connectivity index (χ2v) is 12.8. The van der Waals surface area contributed by atoms with Crippen molar-refractivity contribution in [3.05, 3.63) is 112 Å². The first-order chi connectivity index (χ1) is 25.5. The molecular formula is C35H38Cl2N8O4. The summed E-state index contributed by atoms with van der Waals surface area (Å²) in [5.41, 5.74) is 1.22. The molecule has 0 amide bonds. The number of rotatable bonds is 11. The average Bonchev–Trinajstić information content (AvgIpc) is 3.92. The van der Waals surface area contributed by atoms with Crippen LogP contribution < -0.4 is 20.2 Å². The Kier molecular flexibility index (Phi) is 8.28. The number of aromatic nitrogens is 6. The minimum Gasteiger partial charge on any atom is -0.491 e. The number of piperazine rings is 1. The molecule has 2 saturated heterocycles. The molecule has 2 fully saturated rings. The van der Waals surface area contributed by atoms with Gasteiger partial charge in [0, 0.05) is 48.1 Å². The molecule has 1 unspecified atom stereocenters. The average molecular weight is 710 g/mol. The van der Waals surface area contributed by atoms with Gasteiger partial charge in [-0.15, -0.1) is 0 Å². The van der Waals surface area contributed by atoms with Crippen LogP contribution in [0, 0.1) is 0 Å². The summed E-state index contributed by atoms with van der Waals surface area (Å²) < 4.78 is 57.8. The smallest absolute Gasteiger partial charge is 0.350 e. The van der Waals surface area contributed by atoms with Crippen molar-refractivity contribution in [2.24, 2.45) is 0 Å². The molecule has 0 radical (unpaired) electrons. The molecule has 0 aliphatic carbocycles. The minimum atomic E-state index is -1.21. The van der Waals surface area contributed by atoms with E-state index in [9.17, 15) is 4.79 Å². The summed E-state index contributed by atoms with van der Waals surface area (Å²) in [6.45, 7) is 6.66. The SMILES string of the molecule is [2H]c1c([2H])c(-n2cnn(C(C)CC)c2=O)c([2H])c([2H])c1N1CCN(c2ccc(OC[C@@H]3CO[C@@](Cn4cncn4)(c4ccc(Cl)cc4Cl)O3)cc2)CC1. The molecule has 0 saturated carbocycles. The third-order valence-electron chi connectivity index (χ3n) is 8.81. The van der Waals surface area contributed by atoms with Crippen LogP contribution in [0.5, 0.6) is 5.75 Å². The van der Waals surface area contributed by atoms with Crippen molar-refractivity contribution in [2.45, 2.75) is 44.7 Å². The van der Waals surface area contributed by atoms with Crippen molar-refractivity contribution in [3.63, 3.8) is 0 Å². The standard InChI is InChI=1S/C35H38Cl2N8O4/c1-3-25(2)45-34(46)44(24-40-45)29-7-5-27(6-8-29)41-14-16-42(17-15-41)28-9-11-30(12-10-28)47-19-31-20-48-35(49-31,21-43-23-38-22-39-43)32-13-4-26(36)18-33(32)37/h4-13,18,22-25,31H,3,14-17,19-21H2,1-2H3/t25?,31-,35-/m1/s1/i5D,6D,7D,8D. The van der Waals surface area contributed by atoms with E-state index in [0.717, 1.165) is 10.3 Å². The van der Waals surface area contributed by atoms with Crippen LogP contribution in [0.3, 0.4) is 0 Å². The van der Waals surface area contributed by atoms with Crippen molar-refractivity contribution in [1.29, 1.82) is 0 Å². The Bertz CT molecular complexity index is 2120. The van der Waals surface area contributed by atoms with E-state index in [1.165, 1.54) is 17.3 Å². The van der Waals surface area contributed by atoms with Crippen LogP contribution >= 0.6 is 23.2 Å². The second-order valence-electron chi connectivity index (χ2n) is 12.0. The van der Waals surface area contributed by atoms with Gasteiger partial charge in [0.15, 0.2) is 0 Å². The topological polar surface area (TPSA) is 105 Å². The quantitative estimate of drug-likeness (QED) is 0.174. The van der Waals surface area contributed by atoms with Crippen molar-refractivity contribution < 1.29 is 19.7 Å². The largest absolute Gasteiger partial charge is 0.491 e. The van der Waals surface area contributed by atoms with E-state index in [1.807, 2.05) is 43.0 Å². The molecule has 256 valence electrons. The summed E-state index contributed by atoms with van der Waals surface area (Å²) in [5, 5.41) is 9.28. The van der Waals surface area contributed by atoms with E-state index in [2.05, 4.69) is 20.1 Å². The molecule has 12 nitrogen and oxygen atoms in total. The molecule has 5 aromatic rings. The molecule has 3 atom stereocenters. The number of anilines is 2. The number of ether oxygens (including phenoxy) is 3. The van der Waals surface area contributed by atoms with E-state index in [-0.39, 0.29) is 61.3 Å². The van der Waals surface area contributed by atoms with E-state index >= 15 is 0 Å². The fourth-order valence-corrected chi connectivity index (χ4v) is 6.49. The molecule has 0 N–H and O–H groups in total. The maximum absolute atomic E-state index is 13.0. The highest BCUT2D eigenvalue weighted by atomic mass is 35.5. The van der Waals surface area contributed by atoms with Crippen LogP contribution in [-0.4, -0.2) is 74.6 Å². The minimum absolute atomic E-state index is 0.103. The zero-order valence-corrected chi connectivity index (χ0v) is 28.6. The van der Waals surface area contributed by atoms with Crippen LogP contribution in [0.25, 0.3) is 5.69 Å². The molecule has 49 heavy (non-hydrogen) atoms. The van der Waals surface area contributed by atoms with Gasteiger partial charge < -0.3 is 24.0 Å². The summed E-state index contributed by atoms with van der Waals surface area (Å²) in [7, 11) is 0. The third-order valence-corrected chi connectivity index (χ3v) is 9.36. The van der Waals surface area contributed by atoms with Gasteiger partial charge >= 0.3 is 5.69 Å². The van der Waals surface area contributed by atoms with Gasteiger partial charge in [0.25, 0.3) is 0 Å². The first-order valence-corrected chi connectivity index (χ1v) is 16.8. The Labute approximate surface area is 300 Å². The Morgan fingerprint density at radius 3 is 2.37 bits per heavy atom. The Balaban J connectivity index is 0.982. The van der Waals surface area contributed by atoms with Crippen molar-refractivity contribution >= 4 is 34.6 Å². The first kappa shape index (κ1) is 28.5. The van der Waals surface area contributed by atoms with E-state index in [4.69, 9.17) is 42.9 Å². The Morgan fingerprint density at radius 2 is 1.69 bits per heavy atom. The van der Waals surface area contributed by atoms with Crippen LogP contribution in [0.2, 0.25) is 10.0 Å². The van der Waals surface area contributed by atoms with Gasteiger partial charge in [-0.25, -0.2) is 23.7 Å². The lowest BCUT2D eigenvalue weighted by atomic mass is 10.1. The highest BCUT2D eigenvalue weighted by Crippen LogP contribution is 2.40. The molecule has 4 heterocycles. The molecular weight excluding hydrogens is 667 g/mol. The molecule has 0 spiro atoms. The number of halogens is 2. The molecule has 2 aromatic heterocycles. The lowest BCUT2D eigenvalue weighted by Crippen LogP contribution is -2.46. The van der Waals surface area contributed by atoms with Crippen molar-refractivity contribution in [1.82, 2.24) is 29.1 Å². The maximum atomic E-state index is 13.0. The molecule has 3 aromatic carbocycles. The first-order valence-electron chi connectivity index (χ1n) is 18.1. The van der Waals surface area contributed by atoms with Crippen LogP contribution in [-0.2, 0) is 21.8 Å². The van der Waals surface area contributed by atoms with Crippen LogP contribution in [0.1, 0.15) is 37.4 Å². The fourth-order valence-electron chi connectivity index (χ4n) is 5.94. The number of hydrogen-bond acceptors (Lipinski definition) is 9. The normalized spacial score (nSPS) is 21.3. The highest BCUT2D eigenvalue weighted by Gasteiger charge is 2.45. The molecule has 2 aliphatic rings. The third kappa shape index (κ3) is 7.04. The monoisotopic (exact) mass is 708 g/mol. The highest BCUT2D eigenvalue weighted by molar-refractivity contribution is 6.35. The summed E-state index contributed by atoms with van der Waals surface area (Å²) in [6, 6.07) is 11.8. The molecule has 0 bridgehead atoms. The zero-order valence-electron chi connectivity index (χ0n) is 31.1. The fraction of sp³-hybridized carbons (Fsp3) is 0.371. The van der Waals surface area contributed by atoms with E-state index in [0.29, 0.717) is 54.0 Å². The van der Waals surface area contributed by atoms with Crippen molar-refractivity contribution in [3.8, 4) is 11.4 Å². The van der Waals surface area contributed by atoms with Gasteiger partial charge in [-0.1, -0.05) is 36.2 Å². The van der Waals surface area contributed by atoms with Gasteiger partial charge in [-0.3, -0.25) is 0 Å². The lowest BCUT2D eigenvalue weighted by molar-refractivity contribution is -0.190. The van der Waals surface area contributed by atoms with E-state index < -0.39 is 17.6 Å². The van der Waals surface area contributed by atoms with Gasteiger partial charge in [0.2, 0.25) is 5.79 Å². The maximum Gasteiger partial charge on any atom is 0.350 e. The second kappa shape index (κ2) is 14.2. The van der Waals surface area contributed by atoms with Gasteiger partial charge in [0.1, 0.15) is 44.0 Å². The van der Waals surface area contributed by atoms with Crippen molar-refractivity contribution in [2.75, 3.05) is 49.2 Å². The zero-order chi connectivity index (χ0) is 37.4. The Hall–Kier alpha value is -4.36. The van der Waals surface area contributed by atoms with Crippen LogP contribution in [0.4, 0.5) is 11.4 Å². The predicted molar refractivity (Wildman–Crippen MR) is 188 cm³/mol. The number of hydrogen-bond donors (Lipinski definition) is 0. The van der Waals surface area contributed by atoms with Gasteiger partial charge in [-0.2, -0.15) is 10.2 Å². The number of benzene rings is 3. The van der Waals surface area contributed by atoms with Gasteiger partial charge in [0.05, 0.1) is 28.8 Å². The summed E-state index contributed by atoms with van der Waals surface area (Å²) >= 11 is 12.7. The summed E-state index contributed by atoms with van der Waals surface area (Å²) in [4.78, 5) is 21.1. The predicted octanol–water partition coefficient (Wildman–Crippen LogP) is 5.58. The molecule has 14 heteroatoms. The lowest BCUT2D eigenvalue weighted by Gasteiger charge is -2.37. The molecule has 7 rings (SSSR count). The number of nitrogens with zero attached hydrogens (tertiary/aromatic N) is 8.